The third kappa shape index (κ3) is 3.78. The van der Waals surface area contributed by atoms with Crippen LogP contribution < -0.4 is 14.8 Å². The highest BCUT2D eigenvalue weighted by atomic mass is 16.7. The summed E-state index contributed by atoms with van der Waals surface area (Å²) in [6.45, 7) is 0.643. The summed E-state index contributed by atoms with van der Waals surface area (Å²) < 4.78 is 12.6. The highest BCUT2D eigenvalue weighted by Crippen LogP contribution is 2.42. The van der Waals surface area contributed by atoms with Gasteiger partial charge >= 0.3 is 0 Å². The van der Waals surface area contributed by atoms with E-state index in [2.05, 4.69) is 20.4 Å². The minimum atomic E-state index is -0.160. The van der Waals surface area contributed by atoms with E-state index in [9.17, 15) is 4.79 Å². The Morgan fingerprint density at radius 3 is 2.76 bits per heavy atom. The third-order valence-electron chi connectivity index (χ3n) is 5.72. The maximum atomic E-state index is 13.0. The number of amides is 1. The lowest BCUT2D eigenvalue weighted by Crippen LogP contribution is -2.24. The van der Waals surface area contributed by atoms with Gasteiger partial charge in [-0.25, -0.2) is 14.6 Å². The Bertz CT molecular complexity index is 1330. The molecule has 33 heavy (non-hydrogen) atoms. The molecule has 0 spiro atoms. The van der Waals surface area contributed by atoms with Crippen LogP contribution in [0.15, 0.2) is 61.2 Å². The number of fused-ring (bicyclic) bond motifs is 1. The van der Waals surface area contributed by atoms with Crippen molar-refractivity contribution in [3.8, 4) is 28.7 Å². The zero-order valence-electron chi connectivity index (χ0n) is 17.6. The van der Waals surface area contributed by atoms with E-state index in [4.69, 9.17) is 14.5 Å². The number of carbonyl (C=O) groups is 1. The molecule has 1 saturated carbocycles. The van der Waals surface area contributed by atoms with Crippen molar-refractivity contribution in [2.45, 2.75) is 25.3 Å². The number of nitrogens with one attached hydrogen (secondary N) is 1. The van der Waals surface area contributed by atoms with Gasteiger partial charge in [-0.05, 0) is 54.8 Å². The molecule has 3 aromatic heterocycles. The van der Waals surface area contributed by atoms with Crippen LogP contribution in [0.1, 0.15) is 40.4 Å². The average Bonchev–Trinajstić information content (AvgIpc) is 3.42. The molecule has 9 heteroatoms. The molecule has 2 aliphatic rings. The Morgan fingerprint density at radius 1 is 1.06 bits per heavy atom. The van der Waals surface area contributed by atoms with Crippen molar-refractivity contribution in [2.24, 2.45) is 0 Å². The van der Waals surface area contributed by atoms with Gasteiger partial charge in [0.15, 0.2) is 11.5 Å². The summed E-state index contributed by atoms with van der Waals surface area (Å²) in [6, 6.07) is 11.3. The lowest BCUT2D eigenvalue weighted by Gasteiger charge is -2.10. The van der Waals surface area contributed by atoms with Gasteiger partial charge in [-0.2, -0.15) is 5.10 Å². The number of benzene rings is 1. The molecule has 4 heterocycles. The lowest BCUT2D eigenvalue weighted by atomic mass is 10.1. The molecular weight excluding hydrogens is 420 g/mol. The fourth-order valence-corrected chi connectivity index (χ4v) is 3.89. The SMILES string of the molecule is O=C(NCc1ccncc1)c1cnn(-c2nccc(-c3ccc4c(c3)OCO4)n2)c1C1CC1. The number of carbonyl (C=O) groups excluding carboxylic acids is 1. The predicted octanol–water partition coefficient (Wildman–Crippen LogP) is 3.26. The molecule has 0 bridgehead atoms. The largest absolute Gasteiger partial charge is 0.454 e. The minimum absolute atomic E-state index is 0.160. The van der Waals surface area contributed by atoms with Gasteiger partial charge in [-0.3, -0.25) is 9.78 Å². The number of nitrogens with zero attached hydrogens (tertiary/aromatic N) is 5. The van der Waals surface area contributed by atoms with Crippen LogP contribution in [-0.2, 0) is 6.54 Å². The summed E-state index contributed by atoms with van der Waals surface area (Å²) >= 11 is 0. The molecule has 4 aromatic rings. The Balaban J connectivity index is 1.30. The summed E-state index contributed by atoms with van der Waals surface area (Å²) in [6.07, 6.45) is 8.74. The number of aromatic nitrogens is 5. The van der Waals surface area contributed by atoms with Gasteiger partial charge in [0.2, 0.25) is 6.79 Å². The first-order valence-corrected chi connectivity index (χ1v) is 10.7. The molecule has 0 atom stereocenters. The number of rotatable bonds is 6. The van der Waals surface area contributed by atoms with E-state index in [0.29, 0.717) is 23.8 Å². The van der Waals surface area contributed by atoms with E-state index >= 15 is 0 Å². The van der Waals surface area contributed by atoms with Crippen molar-refractivity contribution in [3.63, 3.8) is 0 Å². The van der Waals surface area contributed by atoms with Crippen molar-refractivity contribution in [3.05, 3.63) is 78.0 Å². The molecule has 0 radical (unpaired) electrons. The maximum absolute atomic E-state index is 13.0. The van der Waals surface area contributed by atoms with Gasteiger partial charge in [-0.15, -0.1) is 0 Å². The van der Waals surface area contributed by atoms with E-state index in [-0.39, 0.29) is 18.6 Å². The molecule has 1 aliphatic heterocycles. The molecule has 9 nitrogen and oxygen atoms in total. The second kappa shape index (κ2) is 8.01. The number of hydrogen-bond donors (Lipinski definition) is 1. The second-order valence-corrected chi connectivity index (χ2v) is 7.98. The summed E-state index contributed by atoms with van der Waals surface area (Å²) in [5.74, 6) is 1.95. The highest BCUT2D eigenvalue weighted by molar-refractivity contribution is 5.95. The van der Waals surface area contributed by atoms with Gasteiger partial charge in [0, 0.05) is 36.6 Å². The van der Waals surface area contributed by atoms with E-state index < -0.39 is 0 Å². The fraction of sp³-hybridized carbons (Fsp3) is 0.208. The molecule has 0 unspecified atom stereocenters. The molecule has 1 amide bonds. The normalized spacial score (nSPS) is 14.3. The van der Waals surface area contributed by atoms with Crippen LogP contribution in [-0.4, -0.2) is 37.4 Å². The molecule has 1 aliphatic carbocycles. The first-order chi connectivity index (χ1) is 16.3. The highest BCUT2D eigenvalue weighted by Gasteiger charge is 2.33. The first-order valence-electron chi connectivity index (χ1n) is 10.7. The molecular formula is C24H20N6O3. The average molecular weight is 440 g/mol. The summed E-state index contributed by atoms with van der Waals surface area (Å²) in [5, 5.41) is 7.47. The number of ether oxygens (including phenoxy) is 2. The van der Waals surface area contributed by atoms with Crippen LogP contribution in [0.3, 0.4) is 0 Å². The molecule has 1 fully saturated rings. The fourth-order valence-electron chi connectivity index (χ4n) is 3.89. The topological polar surface area (TPSA) is 104 Å². The minimum Gasteiger partial charge on any atom is -0.454 e. The van der Waals surface area contributed by atoms with Crippen molar-refractivity contribution in [1.82, 2.24) is 30.0 Å². The predicted molar refractivity (Wildman–Crippen MR) is 118 cm³/mol. The van der Waals surface area contributed by atoms with Gasteiger partial charge in [0.05, 0.1) is 23.1 Å². The lowest BCUT2D eigenvalue weighted by molar-refractivity contribution is 0.0950. The maximum Gasteiger partial charge on any atom is 0.255 e. The van der Waals surface area contributed by atoms with Crippen molar-refractivity contribution >= 4 is 5.91 Å². The number of pyridine rings is 1. The van der Waals surface area contributed by atoms with Crippen LogP contribution in [0.4, 0.5) is 0 Å². The van der Waals surface area contributed by atoms with Gasteiger partial charge in [0.25, 0.3) is 11.9 Å². The van der Waals surface area contributed by atoms with E-state index in [1.807, 2.05) is 36.4 Å². The zero-order valence-corrected chi connectivity index (χ0v) is 17.6. The van der Waals surface area contributed by atoms with Crippen LogP contribution in [0.25, 0.3) is 17.2 Å². The van der Waals surface area contributed by atoms with E-state index in [1.165, 1.54) is 0 Å². The van der Waals surface area contributed by atoms with Crippen molar-refractivity contribution < 1.29 is 14.3 Å². The molecule has 1 N–H and O–H groups in total. The number of hydrogen-bond acceptors (Lipinski definition) is 7. The van der Waals surface area contributed by atoms with Crippen molar-refractivity contribution in [2.75, 3.05) is 6.79 Å². The molecule has 6 rings (SSSR count). The quantitative estimate of drug-likeness (QED) is 0.491. The third-order valence-corrected chi connectivity index (χ3v) is 5.72. The Hall–Kier alpha value is -4.27. The van der Waals surface area contributed by atoms with Gasteiger partial charge in [0.1, 0.15) is 0 Å². The van der Waals surface area contributed by atoms with E-state index in [1.54, 1.807) is 29.5 Å². The smallest absolute Gasteiger partial charge is 0.255 e. The standard InChI is InChI=1S/C24H20N6O3/c31-23(27-12-15-5-8-25-9-6-15)18-13-28-30(22(18)16-1-2-16)24-26-10-7-19(29-24)17-3-4-20-21(11-17)33-14-32-20/h3-11,13,16H,1-2,12,14H2,(H,27,31). The molecule has 0 saturated heterocycles. The Kier molecular flexibility index (Phi) is 4.71. The van der Waals surface area contributed by atoms with Crippen molar-refractivity contribution in [1.29, 1.82) is 0 Å². The monoisotopic (exact) mass is 440 g/mol. The van der Waals surface area contributed by atoms with Gasteiger partial charge in [-0.1, -0.05) is 0 Å². The summed E-state index contributed by atoms with van der Waals surface area (Å²) in [5.41, 5.74) is 4.02. The van der Waals surface area contributed by atoms with Crippen LogP contribution >= 0.6 is 0 Å². The molecule has 1 aromatic carbocycles. The second-order valence-electron chi connectivity index (χ2n) is 7.98. The molecule has 164 valence electrons. The zero-order chi connectivity index (χ0) is 22.2. The van der Waals surface area contributed by atoms with Crippen LogP contribution in [0, 0.1) is 0 Å². The van der Waals surface area contributed by atoms with Gasteiger partial charge < -0.3 is 14.8 Å². The van der Waals surface area contributed by atoms with Crippen LogP contribution in [0.2, 0.25) is 0 Å². The summed E-state index contributed by atoms with van der Waals surface area (Å²) in [7, 11) is 0. The van der Waals surface area contributed by atoms with E-state index in [0.717, 1.165) is 41.1 Å². The van der Waals surface area contributed by atoms with Crippen LogP contribution in [0.5, 0.6) is 11.5 Å². The Labute approximate surface area is 189 Å². The Morgan fingerprint density at radius 2 is 1.91 bits per heavy atom. The first kappa shape index (κ1) is 19.4. The summed E-state index contributed by atoms with van der Waals surface area (Å²) in [4.78, 5) is 26.1.